The van der Waals surface area contributed by atoms with Crippen LogP contribution in [0.25, 0.3) is 0 Å². The van der Waals surface area contributed by atoms with Crippen LogP contribution in [-0.2, 0) is 20.0 Å². The molecule has 0 saturated carbocycles. The number of carbonyl (C=O) groups excluding carboxylic acids is 1. The molecule has 0 aromatic heterocycles. The molecule has 4 N–H and O–H groups in total. The molecule has 0 aliphatic rings. The summed E-state index contributed by atoms with van der Waals surface area (Å²) in [6, 6.07) is 19.5. The summed E-state index contributed by atoms with van der Waals surface area (Å²) in [7, 11) is -7.57. The second-order valence-electron chi connectivity index (χ2n) is 6.81. The Morgan fingerprint density at radius 2 is 1.35 bits per heavy atom. The number of hydrogen-bond donors (Lipinski definition) is 3. The van der Waals surface area contributed by atoms with Gasteiger partial charge in [0.05, 0.1) is 15.8 Å². The minimum Gasteiger partial charge on any atom is -0.346 e. The Balaban J connectivity index is 1.68. The molecular weight excluding hydrogens is 438 g/mol. The summed E-state index contributed by atoms with van der Waals surface area (Å²) in [5.74, 6) is -0.400. The Bertz CT molecular complexity index is 1270. The molecule has 0 spiro atoms. The molecule has 162 valence electrons. The number of amides is 1. The molecule has 3 rings (SSSR count). The summed E-state index contributed by atoms with van der Waals surface area (Å²) < 4.78 is 50.1. The maximum absolute atomic E-state index is 12.5. The van der Waals surface area contributed by atoms with E-state index in [0.717, 1.165) is 0 Å². The molecule has 1 atom stereocenters. The normalized spacial score (nSPS) is 12.7. The average molecular weight is 460 g/mol. The van der Waals surface area contributed by atoms with Crippen LogP contribution in [0, 0.1) is 0 Å². The number of primary sulfonamides is 1. The van der Waals surface area contributed by atoms with Gasteiger partial charge < -0.3 is 5.32 Å². The van der Waals surface area contributed by atoms with Crippen LogP contribution in [0.1, 0.15) is 28.9 Å². The number of benzene rings is 3. The van der Waals surface area contributed by atoms with Gasteiger partial charge in [-0.15, -0.1) is 0 Å². The van der Waals surface area contributed by atoms with Gasteiger partial charge in [-0.25, -0.2) is 22.0 Å². The van der Waals surface area contributed by atoms with E-state index in [1.165, 1.54) is 36.4 Å². The first-order chi connectivity index (χ1) is 14.6. The zero-order valence-electron chi connectivity index (χ0n) is 16.5. The Kier molecular flexibility index (Phi) is 6.44. The number of rotatable bonds is 7. The van der Waals surface area contributed by atoms with Crippen molar-refractivity contribution < 1.29 is 21.6 Å². The zero-order valence-corrected chi connectivity index (χ0v) is 18.2. The Hall–Kier alpha value is -3.21. The highest BCUT2D eigenvalue weighted by Crippen LogP contribution is 2.18. The van der Waals surface area contributed by atoms with Gasteiger partial charge in [-0.3, -0.25) is 9.52 Å². The van der Waals surface area contributed by atoms with E-state index >= 15 is 0 Å². The lowest BCUT2D eigenvalue weighted by molar-refractivity contribution is 0.0939. The van der Waals surface area contributed by atoms with Crippen LogP contribution in [0.5, 0.6) is 0 Å². The van der Waals surface area contributed by atoms with Crippen molar-refractivity contribution in [2.24, 2.45) is 5.14 Å². The van der Waals surface area contributed by atoms with Crippen molar-refractivity contribution in [1.82, 2.24) is 5.32 Å². The van der Waals surface area contributed by atoms with Crippen molar-refractivity contribution in [1.29, 1.82) is 0 Å². The van der Waals surface area contributed by atoms with Crippen molar-refractivity contribution in [3.8, 4) is 0 Å². The third-order valence-electron chi connectivity index (χ3n) is 4.51. The Labute approximate surface area is 181 Å². The Morgan fingerprint density at radius 1 is 0.806 bits per heavy atom. The van der Waals surface area contributed by atoms with Crippen molar-refractivity contribution in [3.05, 3.63) is 90.0 Å². The fourth-order valence-electron chi connectivity index (χ4n) is 2.82. The van der Waals surface area contributed by atoms with Gasteiger partial charge in [0.1, 0.15) is 0 Å². The standard InChI is InChI=1S/C21H21N3O5S2/c1-15(16-7-11-19(12-8-16)30(22,26)27)23-21(25)17-9-13-20(14-10-17)31(28,29)24-18-5-3-2-4-6-18/h2-15,24H,1H3,(H,23,25)(H2,22,26,27)/t15-/m0/s1. The highest BCUT2D eigenvalue weighted by Gasteiger charge is 2.17. The van der Waals surface area contributed by atoms with E-state index in [1.807, 2.05) is 0 Å². The Morgan fingerprint density at radius 3 is 1.90 bits per heavy atom. The molecule has 10 heteroatoms. The van der Waals surface area contributed by atoms with Gasteiger partial charge in [-0.05, 0) is 61.0 Å². The lowest BCUT2D eigenvalue weighted by Crippen LogP contribution is -2.26. The van der Waals surface area contributed by atoms with Gasteiger partial charge in [-0.2, -0.15) is 0 Å². The van der Waals surface area contributed by atoms with Crippen LogP contribution < -0.4 is 15.2 Å². The van der Waals surface area contributed by atoms with E-state index in [1.54, 1.807) is 49.4 Å². The summed E-state index contributed by atoms with van der Waals surface area (Å²) in [4.78, 5) is 12.5. The van der Waals surface area contributed by atoms with Crippen molar-refractivity contribution in [3.63, 3.8) is 0 Å². The van der Waals surface area contributed by atoms with E-state index in [4.69, 9.17) is 5.14 Å². The number of anilines is 1. The predicted octanol–water partition coefficient (Wildman–Crippen LogP) is 2.63. The summed E-state index contributed by atoms with van der Waals surface area (Å²) in [5, 5.41) is 7.86. The molecule has 0 aliphatic carbocycles. The van der Waals surface area contributed by atoms with E-state index < -0.39 is 32.0 Å². The molecule has 8 nitrogen and oxygen atoms in total. The molecule has 0 fully saturated rings. The molecule has 3 aromatic carbocycles. The molecule has 31 heavy (non-hydrogen) atoms. The van der Waals surface area contributed by atoms with Gasteiger partial charge in [0.25, 0.3) is 15.9 Å². The van der Waals surface area contributed by atoms with Crippen LogP contribution >= 0.6 is 0 Å². The van der Waals surface area contributed by atoms with Crippen molar-refractivity contribution in [2.75, 3.05) is 4.72 Å². The number of nitrogens with two attached hydrogens (primary N) is 1. The molecule has 0 heterocycles. The quantitative estimate of drug-likeness (QED) is 0.499. The third kappa shape index (κ3) is 5.69. The smallest absolute Gasteiger partial charge is 0.261 e. The second-order valence-corrected chi connectivity index (χ2v) is 10.0. The second kappa shape index (κ2) is 8.88. The topological polar surface area (TPSA) is 135 Å². The molecule has 0 radical (unpaired) electrons. The van der Waals surface area contributed by atoms with Gasteiger partial charge in [0.15, 0.2) is 0 Å². The van der Waals surface area contributed by atoms with Gasteiger partial charge >= 0.3 is 0 Å². The molecular formula is C21H21N3O5S2. The lowest BCUT2D eigenvalue weighted by atomic mass is 10.1. The fraction of sp³-hybridized carbons (Fsp3) is 0.0952. The van der Waals surface area contributed by atoms with E-state index in [-0.39, 0.29) is 15.4 Å². The molecule has 3 aromatic rings. The van der Waals surface area contributed by atoms with Gasteiger partial charge in [-0.1, -0.05) is 30.3 Å². The SMILES string of the molecule is C[C@H](NC(=O)c1ccc(S(=O)(=O)Nc2ccccc2)cc1)c1ccc(S(N)(=O)=O)cc1. The molecule has 0 aliphatic heterocycles. The van der Waals surface area contributed by atoms with E-state index in [9.17, 15) is 21.6 Å². The highest BCUT2D eigenvalue weighted by molar-refractivity contribution is 7.92. The number of hydrogen-bond acceptors (Lipinski definition) is 5. The van der Waals surface area contributed by atoms with Gasteiger partial charge in [0.2, 0.25) is 10.0 Å². The van der Waals surface area contributed by atoms with Crippen molar-refractivity contribution in [2.45, 2.75) is 22.8 Å². The van der Waals surface area contributed by atoms with Crippen LogP contribution in [0.4, 0.5) is 5.69 Å². The first-order valence-electron chi connectivity index (χ1n) is 9.18. The maximum atomic E-state index is 12.5. The predicted molar refractivity (Wildman–Crippen MR) is 117 cm³/mol. The largest absolute Gasteiger partial charge is 0.346 e. The van der Waals surface area contributed by atoms with Crippen molar-refractivity contribution >= 4 is 31.6 Å². The molecule has 0 saturated heterocycles. The van der Waals surface area contributed by atoms with E-state index in [2.05, 4.69) is 10.0 Å². The number of sulfonamides is 2. The number of para-hydroxylation sites is 1. The van der Waals surface area contributed by atoms with E-state index in [0.29, 0.717) is 11.3 Å². The summed E-state index contributed by atoms with van der Waals surface area (Å²) in [6.45, 7) is 1.74. The lowest BCUT2D eigenvalue weighted by Gasteiger charge is -2.15. The van der Waals surface area contributed by atoms with Crippen LogP contribution in [0.2, 0.25) is 0 Å². The highest BCUT2D eigenvalue weighted by atomic mass is 32.2. The fourth-order valence-corrected chi connectivity index (χ4v) is 4.39. The third-order valence-corrected chi connectivity index (χ3v) is 6.84. The molecule has 0 unspecified atom stereocenters. The summed E-state index contributed by atoms with van der Waals surface area (Å²) >= 11 is 0. The minimum absolute atomic E-state index is 0.0179. The monoisotopic (exact) mass is 459 g/mol. The molecule has 0 bridgehead atoms. The van der Waals surface area contributed by atoms with Crippen LogP contribution in [-0.4, -0.2) is 22.7 Å². The first kappa shape index (κ1) is 22.5. The number of carbonyl (C=O) groups is 1. The molecule has 1 amide bonds. The van der Waals surface area contributed by atoms with Gasteiger partial charge in [0, 0.05) is 11.3 Å². The zero-order chi connectivity index (χ0) is 22.6. The summed E-state index contributed by atoms with van der Waals surface area (Å²) in [6.07, 6.45) is 0. The van der Waals surface area contributed by atoms with Crippen LogP contribution in [0.15, 0.2) is 88.7 Å². The first-order valence-corrected chi connectivity index (χ1v) is 12.2. The summed E-state index contributed by atoms with van der Waals surface area (Å²) in [5.41, 5.74) is 1.41. The average Bonchev–Trinajstić information content (AvgIpc) is 2.73. The number of nitrogens with one attached hydrogen (secondary N) is 2. The minimum atomic E-state index is -3.79. The van der Waals surface area contributed by atoms with Crippen LogP contribution in [0.3, 0.4) is 0 Å². The maximum Gasteiger partial charge on any atom is 0.261 e.